The molecule has 0 aliphatic heterocycles. The largest absolute Gasteiger partial charge is 0.325 e. The van der Waals surface area contributed by atoms with Gasteiger partial charge in [0, 0.05) is 10.7 Å². The van der Waals surface area contributed by atoms with Crippen molar-refractivity contribution in [3.8, 4) is 0 Å². The Kier molecular flexibility index (Phi) is 6.48. The average Bonchev–Trinajstić information content (AvgIpc) is 2.51. The van der Waals surface area contributed by atoms with Gasteiger partial charge in [-0.3, -0.25) is 4.79 Å². The number of rotatable bonds is 6. The van der Waals surface area contributed by atoms with Crippen LogP contribution in [0.15, 0.2) is 42.5 Å². The van der Waals surface area contributed by atoms with Gasteiger partial charge in [-0.25, -0.2) is 13.1 Å². The summed E-state index contributed by atoms with van der Waals surface area (Å²) in [5.74, 6) is -0.766. The Bertz CT molecular complexity index is 840. The van der Waals surface area contributed by atoms with Crippen molar-refractivity contribution in [2.45, 2.75) is 5.75 Å². The van der Waals surface area contributed by atoms with Gasteiger partial charge in [-0.15, -0.1) is 0 Å². The van der Waals surface area contributed by atoms with Crippen molar-refractivity contribution in [1.29, 1.82) is 0 Å². The second-order valence-electron chi connectivity index (χ2n) is 4.88. The van der Waals surface area contributed by atoms with Crippen molar-refractivity contribution in [3.63, 3.8) is 0 Å². The number of nitrogens with one attached hydrogen (secondary N) is 2. The Morgan fingerprint density at radius 1 is 0.958 bits per heavy atom. The molecule has 0 heterocycles. The molecule has 2 N–H and O–H groups in total. The highest BCUT2D eigenvalue weighted by Crippen LogP contribution is 2.24. The van der Waals surface area contributed by atoms with Gasteiger partial charge in [-0.05, 0) is 35.9 Å². The standard InChI is InChI=1S/C15H13Cl3N2O3S/c16-11-3-1-10(2-4-11)9-24(22,23)19-8-15(21)20-12-5-6-13(17)14(18)7-12/h1-7,19H,8-9H2,(H,20,21). The molecule has 128 valence electrons. The van der Waals surface area contributed by atoms with Crippen LogP contribution in [0.5, 0.6) is 0 Å². The lowest BCUT2D eigenvalue weighted by Crippen LogP contribution is -2.33. The molecule has 0 bridgehead atoms. The number of carbonyl (C=O) groups is 1. The second-order valence-corrected chi connectivity index (χ2v) is 7.94. The number of carbonyl (C=O) groups excluding carboxylic acids is 1. The fourth-order valence-electron chi connectivity index (χ4n) is 1.81. The van der Waals surface area contributed by atoms with Crippen LogP contribution in [0.1, 0.15) is 5.56 Å². The van der Waals surface area contributed by atoms with Crippen LogP contribution in [0.2, 0.25) is 15.1 Å². The summed E-state index contributed by atoms with van der Waals surface area (Å²) >= 11 is 17.4. The zero-order valence-corrected chi connectivity index (χ0v) is 15.3. The number of hydrogen-bond donors (Lipinski definition) is 2. The molecule has 0 radical (unpaired) electrons. The average molecular weight is 408 g/mol. The summed E-state index contributed by atoms with van der Waals surface area (Å²) < 4.78 is 26.2. The minimum absolute atomic E-state index is 0.246. The predicted molar refractivity (Wildman–Crippen MR) is 97.2 cm³/mol. The zero-order valence-electron chi connectivity index (χ0n) is 12.2. The summed E-state index contributed by atoms with van der Waals surface area (Å²) in [7, 11) is -3.65. The molecule has 2 aromatic rings. The third-order valence-electron chi connectivity index (χ3n) is 2.93. The minimum atomic E-state index is -3.65. The van der Waals surface area contributed by atoms with Crippen LogP contribution < -0.4 is 10.0 Å². The predicted octanol–water partition coefficient (Wildman–Crippen LogP) is 3.70. The molecular formula is C15H13Cl3N2O3S. The van der Waals surface area contributed by atoms with Crippen molar-refractivity contribution >= 4 is 56.4 Å². The maximum absolute atomic E-state index is 12.0. The molecule has 0 aliphatic rings. The van der Waals surface area contributed by atoms with E-state index in [9.17, 15) is 13.2 Å². The number of amides is 1. The Hall–Kier alpha value is -1.31. The quantitative estimate of drug-likeness (QED) is 0.766. The van der Waals surface area contributed by atoms with Crippen molar-refractivity contribution in [1.82, 2.24) is 4.72 Å². The number of benzene rings is 2. The van der Waals surface area contributed by atoms with Crippen molar-refractivity contribution in [2.24, 2.45) is 0 Å². The Morgan fingerprint density at radius 3 is 2.25 bits per heavy atom. The molecule has 0 atom stereocenters. The second kappa shape index (κ2) is 8.18. The van der Waals surface area contributed by atoms with Crippen LogP contribution in [-0.4, -0.2) is 20.9 Å². The minimum Gasteiger partial charge on any atom is -0.325 e. The molecule has 0 spiro atoms. The lowest BCUT2D eigenvalue weighted by atomic mass is 10.2. The van der Waals surface area contributed by atoms with Crippen LogP contribution in [0.4, 0.5) is 5.69 Å². The molecule has 1 amide bonds. The smallest absolute Gasteiger partial charge is 0.239 e. The van der Waals surface area contributed by atoms with Gasteiger partial charge in [-0.1, -0.05) is 46.9 Å². The third-order valence-corrected chi connectivity index (χ3v) is 5.21. The number of sulfonamides is 1. The van der Waals surface area contributed by atoms with Crippen molar-refractivity contribution in [3.05, 3.63) is 63.1 Å². The van der Waals surface area contributed by atoms with E-state index in [1.54, 1.807) is 30.3 Å². The van der Waals surface area contributed by atoms with E-state index in [4.69, 9.17) is 34.8 Å². The van der Waals surface area contributed by atoms with E-state index in [0.717, 1.165) is 0 Å². The lowest BCUT2D eigenvalue weighted by Gasteiger charge is -2.09. The molecule has 9 heteroatoms. The van der Waals surface area contributed by atoms with E-state index in [0.29, 0.717) is 21.3 Å². The molecule has 0 saturated heterocycles. The number of anilines is 1. The van der Waals surface area contributed by atoms with E-state index in [1.165, 1.54) is 12.1 Å². The molecule has 0 aromatic heterocycles. The summed E-state index contributed by atoms with van der Waals surface area (Å²) in [6.07, 6.45) is 0. The highest BCUT2D eigenvalue weighted by atomic mass is 35.5. The first kappa shape index (κ1) is 19.0. The van der Waals surface area contributed by atoms with Gasteiger partial charge in [0.2, 0.25) is 15.9 Å². The van der Waals surface area contributed by atoms with Crippen LogP contribution in [0, 0.1) is 0 Å². The monoisotopic (exact) mass is 406 g/mol. The first-order valence-electron chi connectivity index (χ1n) is 6.72. The zero-order chi connectivity index (χ0) is 17.7. The fraction of sp³-hybridized carbons (Fsp3) is 0.133. The van der Waals surface area contributed by atoms with Gasteiger partial charge >= 0.3 is 0 Å². The fourth-order valence-corrected chi connectivity index (χ4v) is 3.31. The Labute approximate surface area is 155 Å². The molecule has 0 unspecified atom stereocenters. The molecule has 2 aromatic carbocycles. The van der Waals surface area contributed by atoms with E-state index in [-0.39, 0.29) is 10.8 Å². The summed E-state index contributed by atoms with van der Waals surface area (Å²) in [5, 5.41) is 3.70. The van der Waals surface area contributed by atoms with Crippen LogP contribution in [0.25, 0.3) is 0 Å². The van der Waals surface area contributed by atoms with Gasteiger partial charge in [0.05, 0.1) is 22.3 Å². The van der Waals surface area contributed by atoms with E-state index < -0.39 is 22.5 Å². The van der Waals surface area contributed by atoms with Gasteiger partial charge in [-0.2, -0.15) is 0 Å². The summed E-state index contributed by atoms with van der Waals surface area (Å²) in [4.78, 5) is 11.8. The van der Waals surface area contributed by atoms with Gasteiger partial charge in [0.15, 0.2) is 0 Å². The normalized spacial score (nSPS) is 11.3. The van der Waals surface area contributed by atoms with Crippen LogP contribution >= 0.6 is 34.8 Å². The third kappa shape index (κ3) is 5.96. The van der Waals surface area contributed by atoms with Gasteiger partial charge < -0.3 is 5.32 Å². The van der Waals surface area contributed by atoms with Crippen LogP contribution in [0.3, 0.4) is 0 Å². The summed E-state index contributed by atoms with van der Waals surface area (Å²) in [5.41, 5.74) is 0.989. The van der Waals surface area contributed by atoms with Crippen molar-refractivity contribution in [2.75, 3.05) is 11.9 Å². The highest BCUT2D eigenvalue weighted by molar-refractivity contribution is 7.88. The van der Waals surface area contributed by atoms with Gasteiger partial charge in [0.1, 0.15) is 0 Å². The Morgan fingerprint density at radius 2 is 1.62 bits per heavy atom. The molecular weight excluding hydrogens is 395 g/mol. The maximum Gasteiger partial charge on any atom is 0.239 e. The molecule has 24 heavy (non-hydrogen) atoms. The molecule has 2 rings (SSSR count). The number of hydrogen-bond acceptors (Lipinski definition) is 3. The van der Waals surface area contributed by atoms with E-state index in [2.05, 4.69) is 10.0 Å². The molecule has 5 nitrogen and oxygen atoms in total. The first-order valence-corrected chi connectivity index (χ1v) is 9.50. The Balaban J connectivity index is 1.89. The lowest BCUT2D eigenvalue weighted by molar-refractivity contribution is -0.115. The maximum atomic E-state index is 12.0. The summed E-state index contributed by atoms with van der Waals surface area (Å²) in [6.45, 7) is -0.393. The highest BCUT2D eigenvalue weighted by Gasteiger charge is 2.14. The van der Waals surface area contributed by atoms with Crippen molar-refractivity contribution < 1.29 is 13.2 Å². The summed E-state index contributed by atoms with van der Waals surface area (Å²) in [6, 6.07) is 11.0. The van der Waals surface area contributed by atoms with Gasteiger partial charge in [0.25, 0.3) is 0 Å². The first-order chi connectivity index (χ1) is 11.2. The van der Waals surface area contributed by atoms with E-state index >= 15 is 0 Å². The molecule has 0 saturated carbocycles. The SMILES string of the molecule is O=C(CNS(=O)(=O)Cc1ccc(Cl)cc1)Nc1ccc(Cl)c(Cl)c1. The molecule has 0 aliphatic carbocycles. The molecule has 0 fully saturated rings. The topological polar surface area (TPSA) is 75.3 Å². The van der Waals surface area contributed by atoms with E-state index in [1.807, 2.05) is 0 Å². The van der Waals surface area contributed by atoms with Crippen LogP contribution in [-0.2, 0) is 20.6 Å². The number of halogens is 3.